The number of carbonyl (C=O) groups is 1. The summed E-state index contributed by atoms with van der Waals surface area (Å²) >= 11 is 0. The summed E-state index contributed by atoms with van der Waals surface area (Å²) in [7, 11) is 0. The van der Waals surface area contributed by atoms with Gasteiger partial charge in [0.05, 0.1) is 12.1 Å². The maximum atomic E-state index is 13.6. The Hall–Kier alpha value is -3.55. The predicted octanol–water partition coefficient (Wildman–Crippen LogP) is 5.90. The number of aromatic nitrogens is 1. The van der Waals surface area contributed by atoms with Crippen molar-refractivity contribution in [1.82, 2.24) is 9.88 Å². The Morgan fingerprint density at radius 2 is 2.03 bits per heavy atom. The monoisotopic (exact) mass is 521 g/mol. The molecule has 1 aromatic heterocycles. The topological polar surface area (TPSA) is 64.1 Å². The van der Waals surface area contributed by atoms with Crippen LogP contribution in [0.2, 0.25) is 0 Å². The first-order valence-electron chi connectivity index (χ1n) is 13.4. The highest BCUT2D eigenvalue weighted by Gasteiger charge is 2.29. The summed E-state index contributed by atoms with van der Waals surface area (Å²) in [6.45, 7) is 10.6. The van der Waals surface area contributed by atoms with Crippen molar-refractivity contribution in [1.29, 1.82) is 0 Å². The summed E-state index contributed by atoms with van der Waals surface area (Å²) in [4.78, 5) is 21.7. The Bertz CT molecular complexity index is 1320. The maximum Gasteiger partial charge on any atom is 0.410 e. The molecule has 7 nitrogen and oxygen atoms in total. The molecule has 2 aliphatic heterocycles. The number of rotatable bonds is 7. The number of aryl methyl sites for hydroxylation is 1. The van der Waals surface area contributed by atoms with Crippen LogP contribution < -0.4 is 14.4 Å². The Balaban J connectivity index is 1.23. The average Bonchev–Trinajstić information content (AvgIpc) is 3.26. The van der Waals surface area contributed by atoms with Gasteiger partial charge in [0.25, 0.3) is 0 Å². The molecule has 0 saturated carbocycles. The van der Waals surface area contributed by atoms with E-state index in [4.69, 9.17) is 14.2 Å². The summed E-state index contributed by atoms with van der Waals surface area (Å²) < 4.78 is 31.7. The second-order valence-electron chi connectivity index (χ2n) is 11.1. The fraction of sp³-hybridized carbons (Fsp3) is 0.467. The van der Waals surface area contributed by atoms with Crippen LogP contribution in [0.15, 0.2) is 42.5 Å². The summed E-state index contributed by atoms with van der Waals surface area (Å²) in [5, 5.41) is 0.896. The number of hydrogen-bond donors (Lipinski definition) is 0. The third kappa shape index (κ3) is 5.95. The fourth-order valence-electron chi connectivity index (χ4n) is 5.07. The number of benzene rings is 2. The number of halogens is 1. The minimum atomic E-state index is -0.597. The van der Waals surface area contributed by atoms with Crippen molar-refractivity contribution in [3.8, 4) is 11.5 Å². The summed E-state index contributed by atoms with van der Waals surface area (Å²) in [5.74, 6) is 1.17. The van der Waals surface area contributed by atoms with E-state index in [1.165, 1.54) is 6.07 Å². The van der Waals surface area contributed by atoms with Gasteiger partial charge in [-0.2, -0.15) is 0 Å². The Labute approximate surface area is 223 Å². The zero-order valence-corrected chi connectivity index (χ0v) is 22.6. The lowest BCUT2D eigenvalue weighted by Crippen LogP contribution is -2.46. The Morgan fingerprint density at radius 1 is 1.18 bits per heavy atom. The molecule has 0 N–H and O–H groups in total. The molecule has 0 radical (unpaired) electrons. The van der Waals surface area contributed by atoms with Crippen LogP contribution in [-0.4, -0.2) is 60.5 Å². The van der Waals surface area contributed by atoms with Gasteiger partial charge in [-0.25, -0.2) is 9.18 Å². The second kappa shape index (κ2) is 10.7. The Morgan fingerprint density at radius 3 is 2.84 bits per heavy atom. The number of anilines is 1. The number of pyridine rings is 1. The molecule has 3 heterocycles. The van der Waals surface area contributed by atoms with E-state index in [0.29, 0.717) is 31.2 Å². The molecule has 0 saturated heterocycles. The van der Waals surface area contributed by atoms with Crippen LogP contribution in [-0.2, 0) is 11.2 Å². The van der Waals surface area contributed by atoms with E-state index >= 15 is 0 Å². The number of amides is 1. The molecule has 0 unspecified atom stereocenters. The standard InChI is InChI=1S/C30H36FN3O4/c1-20-7-9-24-25(32-20)10-12-27-28(24)37-23(19-36-27)18-34(29(35)38-30(2,3)4)15-6-5-14-33-16-13-21-17-22(31)8-11-26(21)33/h7-12,17,23H,5-6,13-16,18-19H2,1-4H3/t23-/m0/s1. The number of hydrogen-bond acceptors (Lipinski definition) is 6. The molecule has 3 aromatic rings. The van der Waals surface area contributed by atoms with Crippen molar-refractivity contribution in [3.63, 3.8) is 0 Å². The van der Waals surface area contributed by atoms with Crippen LogP contribution >= 0.6 is 0 Å². The van der Waals surface area contributed by atoms with Crippen LogP contribution in [0.5, 0.6) is 11.5 Å². The van der Waals surface area contributed by atoms with Gasteiger partial charge in [-0.15, -0.1) is 0 Å². The van der Waals surface area contributed by atoms with Crippen LogP contribution in [0.25, 0.3) is 10.9 Å². The zero-order chi connectivity index (χ0) is 26.9. The first-order valence-corrected chi connectivity index (χ1v) is 13.4. The normalized spacial score (nSPS) is 16.4. The van der Waals surface area contributed by atoms with Gasteiger partial charge in [-0.05, 0) is 95.0 Å². The molecule has 1 amide bonds. The minimum Gasteiger partial charge on any atom is -0.486 e. The minimum absolute atomic E-state index is 0.186. The van der Waals surface area contributed by atoms with Crippen molar-refractivity contribution in [2.24, 2.45) is 0 Å². The summed E-state index contributed by atoms with van der Waals surface area (Å²) in [5.41, 5.74) is 3.36. The first-order chi connectivity index (χ1) is 18.2. The van der Waals surface area contributed by atoms with E-state index in [2.05, 4.69) is 9.88 Å². The molecule has 8 heteroatoms. The van der Waals surface area contributed by atoms with Gasteiger partial charge in [0.2, 0.25) is 0 Å². The van der Waals surface area contributed by atoms with Crippen molar-refractivity contribution in [3.05, 3.63) is 59.5 Å². The lowest BCUT2D eigenvalue weighted by atomic mass is 10.1. The van der Waals surface area contributed by atoms with Crippen molar-refractivity contribution in [2.75, 3.05) is 37.7 Å². The number of nitrogens with zero attached hydrogens (tertiary/aromatic N) is 3. The van der Waals surface area contributed by atoms with E-state index in [9.17, 15) is 9.18 Å². The molecule has 0 aliphatic carbocycles. The SMILES string of the molecule is Cc1ccc2c3c(ccc2n1)OC[C@H](CN(CCCCN1CCc2cc(F)ccc21)C(=O)OC(C)(C)C)O3. The summed E-state index contributed by atoms with van der Waals surface area (Å²) in [6.07, 6.45) is 1.88. The molecule has 0 bridgehead atoms. The third-order valence-electron chi connectivity index (χ3n) is 6.85. The molecule has 2 aromatic carbocycles. The van der Waals surface area contributed by atoms with E-state index in [0.717, 1.165) is 60.2 Å². The molecule has 38 heavy (non-hydrogen) atoms. The van der Waals surface area contributed by atoms with E-state index in [-0.39, 0.29) is 18.0 Å². The molecular weight excluding hydrogens is 485 g/mol. The molecule has 202 valence electrons. The van der Waals surface area contributed by atoms with Crippen LogP contribution in [0.4, 0.5) is 14.9 Å². The molecule has 0 spiro atoms. The lowest BCUT2D eigenvalue weighted by Gasteiger charge is -2.33. The van der Waals surface area contributed by atoms with Gasteiger partial charge in [-0.3, -0.25) is 4.98 Å². The number of ether oxygens (including phenoxy) is 3. The van der Waals surface area contributed by atoms with Crippen LogP contribution in [0.1, 0.15) is 44.9 Å². The van der Waals surface area contributed by atoms with Gasteiger partial charge >= 0.3 is 6.09 Å². The highest BCUT2D eigenvalue weighted by atomic mass is 19.1. The van der Waals surface area contributed by atoms with Gasteiger partial charge in [0.15, 0.2) is 17.6 Å². The smallest absolute Gasteiger partial charge is 0.410 e. The lowest BCUT2D eigenvalue weighted by molar-refractivity contribution is 0.00834. The molecule has 1 atom stereocenters. The maximum absolute atomic E-state index is 13.6. The van der Waals surface area contributed by atoms with Crippen LogP contribution in [0.3, 0.4) is 0 Å². The Kier molecular flexibility index (Phi) is 7.32. The van der Waals surface area contributed by atoms with E-state index < -0.39 is 5.60 Å². The van der Waals surface area contributed by atoms with Crippen LogP contribution in [0, 0.1) is 12.7 Å². The van der Waals surface area contributed by atoms with Gasteiger partial charge in [-0.1, -0.05) is 0 Å². The van der Waals surface area contributed by atoms with Crippen molar-refractivity contribution < 1.29 is 23.4 Å². The van der Waals surface area contributed by atoms with Crippen molar-refractivity contribution in [2.45, 2.75) is 58.7 Å². The molecule has 0 fully saturated rings. The molecular formula is C30H36FN3O4. The van der Waals surface area contributed by atoms with Gasteiger partial charge < -0.3 is 24.0 Å². The number of unbranched alkanes of at least 4 members (excludes halogenated alkanes) is 1. The first kappa shape index (κ1) is 26.1. The van der Waals surface area contributed by atoms with Crippen molar-refractivity contribution >= 4 is 22.7 Å². The number of carbonyl (C=O) groups excluding carboxylic acids is 1. The van der Waals surface area contributed by atoms with Gasteiger partial charge in [0, 0.05) is 36.4 Å². The van der Waals surface area contributed by atoms with E-state index in [1.807, 2.05) is 58.0 Å². The quantitative estimate of drug-likeness (QED) is 0.361. The number of fused-ring (bicyclic) bond motifs is 4. The molecule has 2 aliphatic rings. The predicted molar refractivity (Wildman–Crippen MR) is 146 cm³/mol. The highest BCUT2D eigenvalue weighted by Crippen LogP contribution is 2.38. The largest absolute Gasteiger partial charge is 0.486 e. The highest BCUT2D eigenvalue weighted by molar-refractivity contribution is 5.88. The fourth-order valence-corrected chi connectivity index (χ4v) is 5.07. The van der Waals surface area contributed by atoms with Gasteiger partial charge in [0.1, 0.15) is 18.0 Å². The second-order valence-corrected chi connectivity index (χ2v) is 11.1. The molecule has 5 rings (SSSR count). The zero-order valence-electron chi connectivity index (χ0n) is 22.6. The average molecular weight is 522 g/mol. The van der Waals surface area contributed by atoms with E-state index in [1.54, 1.807) is 11.0 Å². The summed E-state index contributed by atoms with van der Waals surface area (Å²) in [6, 6.07) is 12.8. The third-order valence-corrected chi connectivity index (χ3v) is 6.85.